The Morgan fingerprint density at radius 2 is 1.44 bits per heavy atom. The van der Waals surface area contributed by atoms with Gasteiger partial charge in [0.15, 0.2) is 0 Å². The van der Waals surface area contributed by atoms with Crippen LogP contribution in [0.4, 0.5) is 0 Å². The van der Waals surface area contributed by atoms with Gasteiger partial charge in [0.05, 0.1) is 26.4 Å². The molecule has 0 saturated heterocycles. The summed E-state index contributed by atoms with van der Waals surface area (Å²) in [5, 5.41) is 20.8. The fourth-order valence-corrected chi connectivity index (χ4v) is 3.44. The Hall–Kier alpha value is -2.47. The Bertz CT molecular complexity index is 1000. The van der Waals surface area contributed by atoms with Crippen molar-refractivity contribution >= 4 is 20.9 Å². The van der Waals surface area contributed by atoms with Gasteiger partial charge in [-0.1, -0.05) is 24.3 Å². The number of aliphatic hydroxyl groups excluding tert-OH is 2. The zero-order valence-electron chi connectivity index (χ0n) is 17.6. The number of fused-ring (bicyclic) bond motifs is 1. The van der Waals surface area contributed by atoms with Crippen molar-refractivity contribution in [2.45, 2.75) is 17.1 Å². The van der Waals surface area contributed by atoms with Gasteiger partial charge < -0.3 is 29.2 Å². The molecule has 0 radical (unpaired) electrons. The Kier molecular flexibility index (Phi) is 10.1. The van der Waals surface area contributed by atoms with Crippen molar-refractivity contribution in [2.24, 2.45) is 0 Å². The number of aliphatic hydroxyl groups is 2. The van der Waals surface area contributed by atoms with Crippen molar-refractivity contribution in [2.75, 3.05) is 39.6 Å². The van der Waals surface area contributed by atoms with Crippen molar-refractivity contribution in [1.82, 2.24) is 0 Å². The molecule has 0 heterocycles. The van der Waals surface area contributed by atoms with E-state index in [1.54, 1.807) is 24.3 Å². The van der Waals surface area contributed by atoms with E-state index in [0.29, 0.717) is 23.1 Å². The van der Waals surface area contributed by atoms with Crippen LogP contribution in [-0.2, 0) is 19.6 Å². The molecule has 0 aliphatic carbocycles. The third kappa shape index (κ3) is 7.59. The summed E-state index contributed by atoms with van der Waals surface area (Å²) in [5.74, 6) is 0.236. The van der Waals surface area contributed by atoms with Gasteiger partial charge in [0.1, 0.15) is 41.8 Å². The molecular formula is C22H28O9S. The largest absolute Gasteiger partial charge is 0.490 e. The summed E-state index contributed by atoms with van der Waals surface area (Å²) in [6.45, 7) is 7.25. The second-order valence-electron chi connectivity index (χ2n) is 6.80. The topological polar surface area (TPSA) is 132 Å². The SMILES string of the molecule is C=CCOCC(O)COc1cccc2c(OCC(O)COCC=C)c(S(=O)(=O)O)ccc12. The van der Waals surface area contributed by atoms with Gasteiger partial charge in [-0.05, 0) is 18.2 Å². The fourth-order valence-electron chi connectivity index (χ4n) is 2.80. The predicted octanol–water partition coefficient (Wildman–Crippen LogP) is 1.97. The van der Waals surface area contributed by atoms with Crippen LogP contribution >= 0.6 is 0 Å². The lowest BCUT2D eigenvalue weighted by Crippen LogP contribution is -2.24. The van der Waals surface area contributed by atoms with E-state index < -0.39 is 27.2 Å². The highest BCUT2D eigenvalue weighted by molar-refractivity contribution is 7.86. The molecule has 2 rings (SSSR count). The third-order valence-electron chi connectivity index (χ3n) is 4.16. The fraction of sp³-hybridized carbons (Fsp3) is 0.364. The molecule has 0 amide bonds. The quantitative estimate of drug-likeness (QED) is 0.204. The molecule has 10 heteroatoms. The van der Waals surface area contributed by atoms with Gasteiger partial charge in [0.25, 0.3) is 10.1 Å². The number of hydrogen-bond acceptors (Lipinski definition) is 8. The summed E-state index contributed by atoms with van der Waals surface area (Å²) >= 11 is 0. The van der Waals surface area contributed by atoms with Gasteiger partial charge in [0, 0.05) is 10.8 Å². The van der Waals surface area contributed by atoms with E-state index >= 15 is 0 Å². The van der Waals surface area contributed by atoms with Crippen LogP contribution in [-0.4, -0.2) is 75.0 Å². The number of benzene rings is 2. The molecule has 2 aromatic rings. The first-order valence-corrected chi connectivity index (χ1v) is 11.2. The molecule has 32 heavy (non-hydrogen) atoms. The van der Waals surface area contributed by atoms with Crippen molar-refractivity contribution in [1.29, 1.82) is 0 Å². The highest BCUT2D eigenvalue weighted by Gasteiger charge is 2.22. The molecule has 3 N–H and O–H groups in total. The Morgan fingerprint density at radius 1 is 0.844 bits per heavy atom. The molecule has 176 valence electrons. The first-order chi connectivity index (χ1) is 15.3. The van der Waals surface area contributed by atoms with Crippen LogP contribution in [0.25, 0.3) is 10.8 Å². The standard InChI is InChI=1S/C22H28O9S/c1-3-10-28-12-16(23)14-30-20-7-5-6-19-18(20)8-9-21(32(25,26)27)22(19)31-15-17(24)13-29-11-4-2/h3-9,16-17,23-24H,1-2,10-15H2,(H,25,26,27). The van der Waals surface area contributed by atoms with E-state index in [9.17, 15) is 23.2 Å². The normalized spacial score (nSPS) is 13.5. The lowest BCUT2D eigenvalue weighted by Gasteiger charge is -2.18. The summed E-state index contributed by atoms with van der Waals surface area (Å²) < 4.78 is 55.0. The molecule has 2 atom stereocenters. The van der Waals surface area contributed by atoms with Crippen LogP contribution in [0.2, 0.25) is 0 Å². The van der Waals surface area contributed by atoms with Gasteiger partial charge in [-0.2, -0.15) is 8.42 Å². The van der Waals surface area contributed by atoms with Gasteiger partial charge in [0.2, 0.25) is 0 Å². The monoisotopic (exact) mass is 468 g/mol. The van der Waals surface area contributed by atoms with Crippen LogP contribution in [0.3, 0.4) is 0 Å². The minimum atomic E-state index is -4.60. The van der Waals surface area contributed by atoms with Gasteiger partial charge in [-0.3, -0.25) is 4.55 Å². The highest BCUT2D eigenvalue weighted by Crippen LogP contribution is 2.37. The molecule has 0 aromatic heterocycles. The molecule has 0 spiro atoms. The van der Waals surface area contributed by atoms with Crippen molar-refractivity contribution in [3.05, 3.63) is 55.6 Å². The van der Waals surface area contributed by atoms with Crippen LogP contribution in [0.15, 0.2) is 60.5 Å². The molecule has 2 unspecified atom stereocenters. The average Bonchev–Trinajstić information content (AvgIpc) is 2.75. The molecular weight excluding hydrogens is 440 g/mol. The van der Waals surface area contributed by atoms with E-state index in [2.05, 4.69) is 13.2 Å². The van der Waals surface area contributed by atoms with E-state index in [1.165, 1.54) is 18.2 Å². The maximum absolute atomic E-state index is 11.9. The predicted molar refractivity (Wildman–Crippen MR) is 119 cm³/mol. The minimum Gasteiger partial charge on any atom is -0.490 e. The van der Waals surface area contributed by atoms with Gasteiger partial charge in [-0.15, -0.1) is 13.2 Å². The minimum absolute atomic E-state index is 0.0435. The van der Waals surface area contributed by atoms with Gasteiger partial charge in [-0.25, -0.2) is 0 Å². The van der Waals surface area contributed by atoms with Crippen LogP contribution < -0.4 is 9.47 Å². The number of rotatable bonds is 15. The van der Waals surface area contributed by atoms with Crippen LogP contribution in [0.5, 0.6) is 11.5 Å². The summed E-state index contributed by atoms with van der Waals surface area (Å²) in [7, 11) is -4.60. The van der Waals surface area contributed by atoms with E-state index in [-0.39, 0.29) is 38.8 Å². The Morgan fingerprint density at radius 3 is 2.00 bits per heavy atom. The maximum atomic E-state index is 11.9. The number of ether oxygens (including phenoxy) is 4. The van der Waals surface area contributed by atoms with E-state index in [0.717, 1.165) is 0 Å². The van der Waals surface area contributed by atoms with E-state index in [1.807, 2.05) is 0 Å². The zero-order chi connectivity index (χ0) is 23.6. The van der Waals surface area contributed by atoms with Crippen LogP contribution in [0.1, 0.15) is 0 Å². The molecule has 0 aliphatic heterocycles. The van der Waals surface area contributed by atoms with Crippen LogP contribution in [0, 0.1) is 0 Å². The van der Waals surface area contributed by atoms with Crippen molar-refractivity contribution in [3.63, 3.8) is 0 Å². The third-order valence-corrected chi connectivity index (χ3v) is 5.03. The smallest absolute Gasteiger partial charge is 0.298 e. The lowest BCUT2D eigenvalue weighted by atomic mass is 10.1. The maximum Gasteiger partial charge on any atom is 0.298 e. The summed E-state index contributed by atoms with van der Waals surface area (Å²) in [6.07, 6.45) is 1.17. The average molecular weight is 469 g/mol. The lowest BCUT2D eigenvalue weighted by molar-refractivity contribution is 0.0209. The number of hydrogen-bond donors (Lipinski definition) is 3. The summed E-state index contributed by atoms with van der Waals surface area (Å²) in [5.41, 5.74) is 0. The molecule has 0 saturated carbocycles. The highest BCUT2D eigenvalue weighted by atomic mass is 32.2. The Balaban J connectivity index is 2.27. The summed E-state index contributed by atoms with van der Waals surface area (Å²) in [4.78, 5) is -0.445. The Labute approximate surface area is 187 Å². The molecule has 0 aliphatic rings. The zero-order valence-corrected chi connectivity index (χ0v) is 18.4. The van der Waals surface area contributed by atoms with Crippen molar-refractivity contribution in [3.8, 4) is 11.5 Å². The molecule has 0 fully saturated rings. The second kappa shape index (κ2) is 12.5. The second-order valence-corrected chi connectivity index (χ2v) is 8.19. The van der Waals surface area contributed by atoms with Gasteiger partial charge >= 0.3 is 0 Å². The first-order valence-electron chi connectivity index (χ1n) is 9.80. The molecule has 9 nitrogen and oxygen atoms in total. The summed E-state index contributed by atoms with van der Waals surface area (Å²) in [6, 6.07) is 7.50. The van der Waals surface area contributed by atoms with E-state index in [4.69, 9.17) is 18.9 Å². The molecule has 2 aromatic carbocycles. The first kappa shape index (κ1) is 25.8. The molecule has 0 bridgehead atoms. The van der Waals surface area contributed by atoms with Crippen molar-refractivity contribution < 1.29 is 42.1 Å².